The minimum Gasteiger partial charge on any atom is -0.462 e. The first-order valence-electron chi connectivity index (χ1n) is 7.17. The van der Waals surface area contributed by atoms with Gasteiger partial charge in [0, 0.05) is 30.8 Å². The monoisotopic (exact) mass is 337 g/mol. The first kappa shape index (κ1) is 15.2. The summed E-state index contributed by atoms with van der Waals surface area (Å²) in [5.74, 6) is 0.667. The van der Waals surface area contributed by atoms with Crippen molar-refractivity contribution in [3.8, 4) is 0 Å². The number of aromatic nitrogens is 2. The van der Waals surface area contributed by atoms with Crippen molar-refractivity contribution in [2.45, 2.75) is 25.4 Å². The third-order valence-corrected chi connectivity index (χ3v) is 4.66. The van der Waals surface area contributed by atoms with Crippen LogP contribution in [0.3, 0.4) is 0 Å². The zero-order valence-corrected chi connectivity index (χ0v) is 13.5. The highest BCUT2D eigenvalue weighted by Crippen LogP contribution is 2.20. The number of halogens is 1. The molecule has 0 amide bonds. The van der Waals surface area contributed by atoms with Crippen molar-refractivity contribution in [2.24, 2.45) is 0 Å². The number of nitrogens with zero attached hydrogens (tertiary/aromatic N) is 3. The molecule has 0 atom stereocenters. The second-order valence-corrected chi connectivity index (χ2v) is 6.57. The van der Waals surface area contributed by atoms with Crippen LogP contribution < -0.4 is 4.90 Å². The van der Waals surface area contributed by atoms with E-state index in [-0.39, 0.29) is 12.1 Å². The second-order valence-electron chi connectivity index (χ2n) is 5.15. The van der Waals surface area contributed by atoms with E-state index in [0.717, 1.165) is 36.6 Å². The lowest BCUT2D eigenvalue weighted by Crippen LogP contribution is -2.38. The molecule has 0 unspecified atom stereocenters. The predicted octanol–water partition coefficient (Wildman–Crippen LogP) is 2.95. The van der Waals surface area contributed by atoms with Crippen LogP contribution in [0.5, 0.6) is 0 Å². The van der Waals surface area contributed by atoms with Crippen LogP contribution in [-0.4, -0.2) is 35.4 Å². The number of rotatable bonds is 4. The highest BCUT2D eigenvalue weighted by molar-refractivity contribution is 7.10. The van der Waals surface area contributed by atoms with Crippen molar-refractivity contribution < 1.29 is 9.53 Å². The first-order valence-corrected chi connectivity index (χ1v) is 8.42. The summed E-state index contributed by atoms with van der Waals surface area (Å²) in [5.41, 5.74) is 0. The molecular weight excluding hydrogens is 322 g/mol. The first-order chi connectivity index (χ1) is 10.7. The molecule has 22 heavy (non-hydrogen) atoms. The number of carbonyl (C=O) groups excluding carboxylic acids is 1. The van der Waals surface area contributed by atoms with Crippen molar-refractivity contribution in [3.05, 3.63) is 39.7 Å². The van der Waals surface area contributed by atoms with Gasteiger partial charge in [-0.25, -0.2) is 0 Å². The Morgan fingerprint density at radius 2 is 2.14 bits per heavy atom. The molecule has 1 saturated heterocycles. The molecule has 7 heteroatoms. The molecule has 116 valence electrons. The van der Waals surface area contributed by atoms with Crippen molar-refractivity contribution in [2.75, 3.05) is 18.0 Å². The summed E-state index contributed by atoms with van der Waals surface area (Å²) >= 11 is 7.32. The van der Waals surface area contributed by atoms with Crippen molar-refractivity contribution >= 4 is 34.7 Å². The molecule has 5 nitrogen and oxygen atoms in total. The summed E-state index contributed by atoms with van der Waals surface area (Å²) in [6, 6.07) is 7.49. The number of thiophene rings is 1. The molecule has 0 saturated carbocycles. The zero-order valence-electron chi connectivity index (χ0n) is 11.9. The minimum absolute atomic E-state index is 0.0102. The summed E-state index contributed by atoms with van der Waals surface area (Å²) in [6.45, 7) is 1.60. The Morgan fingerprint density at radius 3 is 2.77 bits per heavy atom. The molecule has 3 rings (SSSR count). The zero-order chi connectivity index (χ0) is 15.4. The Bertz CT molecular complexity index is 610. The molecule has 3 heterocycles. The lowest BCUT2D eigenvalue weighted by atomic mass is 10.1. The Kier molecular flexibility index (Phi) is 4.90. The number of anilines is 1. The Balaban J connectivity index is 1.47. The number of ether oxygens (including phenoxy) is 1. The summed E-state index contributed by atoms with van der Waals surface area (Å²) in [6.07, 6.45) is 1.96. The maximum atomic E-state index is 11.9. The van der Waals surface area contributed by atoms with Crippen molar-refractivity contribution in [3.63, 3.8) is 0 Å². The van der Waals surface area contributed by atoms with E-state index in [9.17, 15) is 4.79 Å². The van der Waals surface area contributed by atoms with E-state index in [2.05, 4.69) is 15.1 Å². The van der Waals surface area contributed by atoms with Gasteiger partial charge >= 0.3 is 5.97 Å². The van der Waals surface area contributed by atoms with E-state index >= 15 is 0 Å². The molecule has 2 aromatic heterocycles. The van der Waals surface area contributed by atoms with Crippen LogP contribution in [0.1, 0.15) is 17.7 Å². The highest BCUT2D eigenvalue weighted by Gasteiger charge is 2.23. The number of hydrogen-bond acceptors (Lipinski definition) is 6. The van der Waals surface area contributed by atoms with Gasteiger partial charge in [-0.2, -0.15) is 0 Å². The maximum Gasteiger partial charge on any atom is 0.311 e. The van der Waals surface area contributed by atoms with Crippen LogP contribution in [0.2, 0.25) is 5.15 Å². The van der Waals surface area contributed by atoms with Crippen LogP contribution in [-0.2, 0) is 16.0 Å². The topological polar surface area (TPSA) is 55.3 Å². The molecule has 0 radical (unpaired) electrons. The van der Waals surface area contributed by atoms with E-state index in [4.69, 9.17) is 16.3 Å². The fraction of sp³-hybridized carbons (Fsp3) is 0.400. The van der Waals surface area contributed by atoms with Gasteiger partial charge in [0.05, 0.1) is 6.42 Å². The van der Waals surface area contributed by atoms with E-state index in [0.29, 0.717) is 11.6 Å². The lowest BCUT2D eigenvalue weighted by molar-refractivity contribution is -0.149. The second kappa shape index (κ2) is 7.07. The Morgan fingerprint density at radius 1 is 1.32 bits per heavy atom. The van der Waals surface area contributed by atoms with Gasteiger partial charge in [-0.15, -0.1) is 21.5 Å². The molecule has 0 aliphatic carbocycles. The van der Waals surface area contributed by atoms with Gasteiger partial charge in [0.1, 0.15) is 6.10 Å². The molecule has 0 spiro atoms. The Hall–Kier alpha value is -1.66. The van der Waals surface area contributed by atoms with E-state index in [1.807, 2.05) is 23.6 Å². The molecule has 1 aliphatic rings. The fourth-order valence-corrected chi connectivity index (χ4v) is 3.25. The van der Waals surface area contributed by atoms with Gasteiger partial charge in [0.25, 0.3) is 0 Å². The Labute approximate surface area is 137 Å². The van der Waals surface area contributed by atoms with E-state index < -0.39 is 0 Å². The molecule has 1 aliphatic heterocycles. The third kappa shape index (κ3) is 3.96. The van der Waals surface area contributed by atoms with Crippen molar-refractivity contribution in [1.29, 1.82) is 0 Å². The van der Waals surface area contributed by atoms with Crippen LogP contribution in [0, 0.1) is 0 Å². The number of piperidine rings is 1. The summed E-state index contributed by atoms with van der Waals surface area (Å²) in [7, 11) is 0. The van der Waals surface area contributed by atoms with Crippen LogP contribution in [0.4, 0.5) is 5.82 Å². The van der Waals surface area contributed by atoms with Gasteiger partial charge in [0.15, 0.2) is 11.0 Å². The molecule has 0 bridgehead atoms. The van der Waals surface area contributed by atoms with Crippen LogP contribution >= 0.6 is 22.9 Å². The standard InChI is InChI=1S/C15H16ClN3O2S/c16-13-3-4-14(18-17-13)19-7-5-11(6-8-19)21-15(20)10-12-2-1-9-22-12/h1-4,9,11H,5-8,10H2. The van der Waals surface area contributed by atoms with Crippen LogP contribution in [0.25, 0.3) is 0 Å². The number of carbonyl (C=O) groups is 1. The van der Waals surface area contributed by atoms with Gasteiger partial charge in [-0.05, 0) is 23.6 Å². The number of esters is 1. The van der Waals surface area contributed by atoms with Gasteiger partial charge < -0.3 is 9.64 Å². The van der Waals surface area contributed by atoms with Crippen LogP contribution in [0.15, 0.2) is 29.6 Å². The molecule has 1 fully saturated rings. The fourth-order valence-electron chi connectivity index (χ4n) is 2.46. The average Bonchev–Trinajstić information content (AvgIpc) is 3.02. The molecular formula is C15H16ClN3O2S. The summed E-state index contributed by atoms with van der Waals surface area (Å²) < 4.78 is 5.55. The van der Waals surface area contributed by atoms with Crippen molar-refractivity contribution in [1.82, 2.24) is 10.2 Å². The maximum absolute atomic E-state index is 11.9. The smallest absolute Gasteiger partial charge is 0.311 e. The molecule has 0 aromatic carbocycles. The SMILES string of the molecule is O=C(Cc1cccs1)OC1CCN(c2ccc(Cl)nn2)CC1. The van der Waals surface area contributed by atoms with E-state index in [1.54, 1.807) is 17.4 Å². The van der Waals surface area contributed by atoms with E-state index in [1.165, 1.54) is 0 Å². The highest BCUT2D eigenvalue weighted by atomic mass is 35.5. The van der Waals surface area contributed by atoms with Gasteiger partial charge in [0.2, 0.25) is 0 Å². The minimum atomic E-state index is -0.146. The number of hydrogen-bond donors (Lipinski definition) is 0. The van der Waals surface area contributed by atoms with Gasteiger partial charge in [-0.1, -0.05) is 17.7 Å². The predicted molar refractivity (Wildman–Crippen MR) is 86.4 cm³/mol. The summed E-state index contributed by atoms with van der Waals surface area (Å²) in [4.78, 5) is 15.1. The lowest BCUT2D eigenvalue weighted by Gasteiger charge is -2.32. The van der Waals surface area contributed by atoms with Gasteiger partial charge in [-0.3, -0.25) is 4.79 Å². The average molecular weight is 338 g/mol. The third-order valence-electron chi connectivity index (χ3n) is 3.58. The normalized spacial score (nSPS) is 15.8. The molecule has 2 aromatic rings. The largest absolute Gasteiger partial charge is 0.462 e. The quantitative estimate of drug-likeness (QED) is 0.803. The summed E-state index contributed by atoms with van der Waals surface area (Å²) in [5, 5.41) is 10.3. The molecule has 0 N–H and O–H groups in total.